The van der Waals surface area contributed by atoms with Gasteiger partial charge in [-0.3, -0.25) is 4.79 Å². The molecule has 1 aromatic rings. The number of ether oxygens (including phenoxy) is 1. The van der Waals surface area contributed by atoms with Crippen molar-refractivity contribution in [3.05, 3.63) is 34.9 Å². The smallest absolute Gasteiger partial charge is 0.305 e. The largest absolute Gasteiger partial charge is 0.469 e. The second kappa shape index (κ2) is 4.80. The Bertz CT molecular complexity index is 309. The van der Waals surface area contributed by atoms with Crippen LogP contribution >= 0.6 is 0 Å². The predicted octanol–water partition coefficient (Wildman–Crippen LogP) is 2.21. The average Bonchev–Trinajstić information content (AvgIpc) is 2.12. The third-order valence-electron chi connectivity index (χ3n) is 2.04. The molecule has 0 N–H and O–H groups in total. The van der Waals surface area contributed by atoms with Crippen LogP contribution in [0.4, 0.5) is 0 Å². The van der Waals surface area contributed by atoms with E-state index in [2.05, 4.69) is 22.9 Å². The molecule has 2 heteroatoms. The number of aryl methyl sites for hydroxylation is 3. The molecule has 0 atom stereocenters. The standard InChI is InChI=1S/C12H15O2/c1-9-6-10(2)8-11(7-9)4-5-12(13)14-3/h7-8H,4-5H2,1-3H3. The molecular weight excluding hydrogens is 176 g/mol. The number of hydrogen-bond acceptors (Lipinski definition) is 2. The molecule has 0 aliphatic carbocycles. The van der Waals surface area contributed by atoms with Gasteiger partial charge in [-0.05, 0) is 43.0 Å². The van der Waals surface area contributed by atoms with E-state index in [9.17, 15) is 4.79 Å². The monoisotopic (exact) mass is 191 g/mol. The number of carbonyl (C=O) groups is 1. The second-order valence-corrected chi connectivity index (χ2v) is 3.43. The zero-order valence-corrected chi connectivity index (χ0v) is 8.89. The Hall–Kier alpha value is -1.31. The minimum atomic E-state index is -0.159. The Kier molecular flexibility index (Phi) is 3.69. The quantitative estimate of drug-likeness (QED) is 0.685. The Morgan fingerprint density at radius 1 is 1.36 bits per heavy atom. The molecule has 2 nitrogen and oxygen atoms in total. The SMILES string of the molecule is COC(=O)CCc1cc(C)[c]c(C)c1. The van der Waals surface area contributed by atoms with Crippen molar-refractivity contribution < 1.29 is 9.53 Å². The fraction of sp³-hybridized carbons (Fsp3) is 0.417. The Morgan fingerprint density at radius 2 is 1.93 bits per heavy atom. The molecular formula is C12H15O2. The molecule has 0 fully saturated rings. The Morgan fingerprint density at radius 3 is 2.43 bits per heavy atom. The van der Waals surface area contributed by atoms with E-state index >= 15 is 0 Å². The van der Waals surface area contributed by atoms with Crippen LogP contribution in [0.2, 0.25) is 0 Å². The van der Waals surface area contributed by atoms with Crippen molar-refractivity contribution in [1.29, 1.82) is 0 Å². The number of methoxy groups -OCH3 is 1. The van der Waals surface area contributed by atoms with Crippen LogP contribution in [0, 0.1) is 19.9 Å². The molecule has 0 saturated heterocycles. The van der Waals surface area contributed by atoms with Crippen molar-refractivity contribution in [3.8, 4) is 0 Å². The summed E-state index contributed by atoms with van der Waals surface area (Å²) in [6.07, 6.45) is 1.18. The van der Waals surface area contributed by atoms with E-state index in [0.717, 1.165) is 17.5 Å². The van der Waals surface area contributed by atoms with Crippen LogP contribution in [-0.2, 0) is 16.0 Å². The first-order valence-corrected chi connectivity index (χ1v) is 4.68. The Labute approximate surface area is 84.9 Å². The van der Waals surface area contributed by atoms with Crippen molar-refractivity contribution in [2.45, 2.75) is 26.7 Å². The third kappa shape index (κ3) is 3.21. The first kappa shape index (κ1) is 10.8. The van der Waals surface area contributed by atoms with Gasteiger partial charge in [-0.25, -0.2) is 0 Å². The number of benzene rings is 1. The summed E-state index contributed by atoms with van der Waals surface area (Å²) in [5.41, 5.74) is 3.40. The number of carbonyl (C=O) groups excluding carboxylic acids is 1. The number of hydrogen-bond donors (Lipinski definition) is 0. The number of esters is 1. The minimum absolute atomic E-state index is 0.159. The van der Waals surface area contributed by atoms with Gasteiger partial charge in [0.05, 0.1) is 7.11 Å². The van der Waals surface area contributed by atoms with Gasteiger partial charge in [0.15, 0.2) is 0 Å². The highest BCUT2D eigenvalue weighted by Crippen LogP contribution is 2.10. The summed E-state index contributed by atoms with van der Waals surface area (Å²) in [6.45, 7) is 4.02. The zero-order valence-electron chi connectivity index (χ0n) is 8.89. The lowest BCUT2D eigenvalue weighted by Crippen LogP contribution is -2.02. The van der Waals surface area contributed by atoms with Gasteiger partial charge in [-0.2, -0.15) is 0 Å². The van der Waals surface area contributed by atoms with Crippen LogP contribution in [0.25, 0.3) is 0 Å². The molecule has 1 rings (SSSR count). The van der Waals surface area contributed by atoms with Crippen LogP contribution in [0.1, 0.15) is 23.1 Å². The lowest BCUT2D eigenvalue weighted by Gasteiger charge is -2.03. The van der Waals surface area contributed by atoms with Crippen LogP contribution in [0.15, 0.2) is 12.1 Å². The second-order valence-electron chi connectivity index (χ2n) is 3.43. The normalized spacial score (nSPS) is 9.93. The van der Waals surface area contributed by atoms with E-state index in [1.165, 1.54) is 12.7 Å². The summed E-state index contributed by atoms with van der Waals surface area (Å²) in [5.74, 6) is -0.159. The first-order chi connectivity index (χ1) is 6.61. The van der Waals surface area contributed by atoms with Gasteiger partial charge in [0.1, 0.15) is 0 Å². The predicted molar refractivity (Wildman–Crippen MR) is 55.1 cm³/mol. The van der Waals surface area contributed by atoms with Gasteiger partial charge in [0.2, 0.25) is 0 Å². The molecule has 14 heavy (non-hydrogen) atoms. The van der Waals surface area contributed by atoms with Crippen molar-refractivity contribution in [3.63, 3.8) is 0 Å². The highest BCUT2D eigenvalue weighted by molar-refractivity contribution is 5.69. The highest BCUT2D eigenvalue weighted by atomic mass is 16.5. The van der Waals surface area contributed by atoms with E-state index < -0.39 is 0 Å². The molecule has 0 unspecified atom stereocenters. The van der Waals surface area contributed by atoms with Crippen LogP contribution < -0.4 is 0 Å². The summed E-state index contributed by atoms with van der Waals surface area (Å²) in [4.78, 5) is 10.9. The van der Waals surface area contributed by atoms with E-state index in [4.69, 9.17) is 0 Å². The average molecular weight is 191 g/mol. The minimum Gasteiger partial charge on any atom is -0.469 e. The van der Waals surface area contributed by atoms with E-state index in [0.29, 0.717) is 6.42 Å². The molecule has 0 spiro atoms. The lowest BCUT2D eigenvalue weighted by molar-refractivity contribution is -0.140. The highest BCUT2D eigenvalue weighted by Gasteiger charge is 2.02. The van der Waals surface area contributed by atoms with Gasteiger partial charge in [0.25, 0.3) is 0 Å². The molecule has 1 aromatic carbocycles. The molecule has 0 bridgehead atoms. The van der Waals surface area contributed by atoms with Crippen molar-refractivity contribution in [2.75, 3.05) is 7.11 Å². The Balaban J connectivity index is 2.63. The molecule has 0 aliphatic rings. The van der Waals surface area contributed by atoms with Crippen molar-refractivity contribution in [1.82, 2.24) is 0 Å². The van der Waals surface area contributed by atoms with Gasteiger partial charge < -0.3 is 4.74 Å². The number of rotatable bonds is 3. The van der Waals surface area contributed by atoms with Crippen LogP contribution in [0.3, 0.4) is 0 Å². The molecule has 0 heterocycles. The van der Waals surface area contributed by atoms with E-state index in [1.807, 2.05) is 13.8 Å². The maximum atomic E-state index is 10.9. The first-order valence-electron chi connectivity index (χ1n) is 4.68. The van der Waals surface area contributed by atoms with Crippen molar-refractivity contribution >= 4 is 5.97 Å². The summed E-state index contributed by atoms with van der Waals surface area (Å²) >= 11 is 0. The molecule has 0 aliphatic heterocycles. The summed E-state index contributed by atoms with van der Waals surface area (Å²) in [7, 11) is 1.41. The fourth-order valence-electron chi connectivity index (χ4n) is 1.47. The van der Waals surface area contributed by atoms with Crippen LogP contribution in [-0.4, -0.2) is 13.1 Å². The maximum Gasteiger partial charge on any atom is 0.305 e. The lowest BCUT2D eigenvalue weighted by atomic mass is 10.0. The maximum absolute atomic E-state index is 10.9. The topological polar surface area (TPSA) is 26.3 Å². The fourth-order valence-corrected chi connectivity index (χ4v) is 1.47. The van der Waals surface area contributed by atoms with Gasteiger partial charge in [0, 0.05) is 6.42 Å². The van der Waals surface area contributed by atoms with Gasteiger partial charge in [-0.1, -0.05) is 12.1 Å². The summed E-state index contributed by atoms with van der Waals surface area (Å²) in [5, 5.41) is 0. The van der Waals surface area contributed by atoms with Crippen molar-refractivity contribution in [2.24, 2.45) is 0 Å². The summed E-state index contributed by atoms with van der Waals surface area (Å²) < 4.78 is 4.59. The molecule has 0 amide bonds. The van der Waals surface area contributed by atoms with Gasteiger partial charge >= 0.3 is 5.97 Å². The van der Waals surface area contributed by atoms with E-state index in [-0.39, 0.29) is 5.97 Å². The molecule has 0 saturated carbocycles. The molecule has 0 aromatic heterocycles. The van der Waals surface area contributed by atoms with E-state index in [1.54, 1.807) is 0 Å². The zero-order chi connectivity index (χ0) is 10.6. The molecule has 1 radical (unpaired) electrons. The third-order valence-corrected chi connectivity index (χ3v) is 2.04. The van der Waals surface area contributed by atoms with Gasteiger partial charge in [-0.15, -0.1) is 0 Å². The summed E-state index contributed by atoms with van der Waals surface area (Å²) in [6, 6.07) is 7.30. The molecule has 75 valence electrons. The van der Waals surface area contributed by atoms with Crippen LogP contribution in [0.5, 0.6) is 0 Å².